The van der Waals surface area contributed by atoms with Crippen LogP contribution in [0.5, 0.6) is 0 Å². The van der Waals surface area contributed by atoms with Crippen molar-refractivity contribution in [1.82, 2.24) is 0 Å². The van der Waals surface area contributed by atoms with E-state index < -0.39 is 0 Å². The van der Waals surface area contributed by atoms with E-state index in [-0.39, 0.29) is 5.91 Å². The third-order valence-electron chi connectivity index (χ3n) is 1.93. The lowest BCUT2D eigenvalue weighted by molar-refractivity contribution is -0.114. The Kier molecular flexibility index (Phi) is 7.30. The summed E-state index contributed by atoms with van der Waals surface area (Å²) in [6.07, 6.45) is 6.97. The number of carbonyl (C=O) groups is 1. The minimum Gasteiger partial charge on any atom is -0.366 e. The van der Waals surface area contributed by atoms with E-state index in [2.05, 4.69) is 6.92 Å². The van der Waals surface area contributed by atoms with Gasteiger partial charge in [-0.25, -0.2) is 0 Å². The van der Waals surface area contributed by atoms with Crippen molar-refractivity contribution >= 4 is 5.91 Å². The van der Waals surface area contributed by atoms with E-state index in [0.717, 1.165) is 12.8 Å². The molecule has 0 saturated carbocycles. The average molecular weight is 184 g/mol. The van der Waals surface area contributed by atoms with Gasteiger partial charge in [0, 0.05) is 5.57 Å². The predicted octanol–water partition coefficient (Wildman–Crippen LogP) is 1.33. The maximum atomic E-state index is 10.9. The molecule has 0 heterocycles. The SMILES string of the molecule is CCCCCC=C(CCN)C(N)=O. The van der Waals surface area contributed by atoms with E-state index in [0.29, 0.717) is 18.5 Å². The number of hydrogen-bond acceptors (Lipinski definition) is 2. The second-order valence-electron chi connectivity index (χ2n) is 3.13. The summed E-state index contributed by atoms with van der Waals surface area (Å²) < 4.78 is 0. The molecule has 13 heavy (non-hydrogen) atoms. The van der Waals surface area contributed by atoms with Crippen molar-refractivity contribution in [3.8, 4) is 0 Å². The van der Waals surface area contributed by atoms with Crippen LogP contribution in [0, 0.1) is 0 Å². The van der Waals surface area contributed by atoms with Gasteiger partial charge in [-0.1, -0.05) is 25.8 Å². The highest BCUT2D eigenvalue weighted by molar-refractivity contribution is 5.91. The van der Waals surface area contributed by atoms with Gasteiger partial charge in [0.1, 0.15) is 0 Å². The van der Waals surface area contributed by atoms with Gasteiger partial charge in [0.25, 0.3) is 0 Å². The number of allylic oxidation sites excluding steroid dienone is 1. The summed E-state index contributed by atoms with van der Waals surface area (Å²) in [6, 6.07) is 0. The van der Waals surface area contributed by atoms with Gasteiger partial charge in [0.2, 0.25) is 5.91 Å². The maximum Gasteiger partial charge on any atom is 0.244 e. The number of carbonyl (C=O) groups excluding carboxylic acids is 1. The lowest BCUT2D eigenvalue weighted by Crippen LogP contribution is -2.16. The molecule has 0 aliphatic rings. The fraction of sp³-hybridized carbons (Fsp3) is 0.700. The first-order chi connectivity index (χ1) is 6.22. The zero-order valence-electron chi connectivity index (χ0n) is 8.38. The van der Waals surface area contributed by atoms with E-state index in [9.17, 15) is 4.79 Å². The molecule has 0 aromatic heterocycles. The monoisotopic (exact) mass is 184 g/mol. The molecule has 3 nitrogen and oxygen atoms in total. The maximum absolute atomic E-state index is 10.9. The smallest absolute Gasteiger partial charge is 0.244 e. The summed E-state index contributed by atoms with van der Waals surface area (Å²) in [5.74, 6) is -0.332. The fourth-order valence-electron chi connectivity index (χ4n) is 1.15. The number of nitrogens with two attached hydrogens (primary N) is 2. The third kappa shape index (κ3) is 6.34. The lowest BCUT2D eigenvalue weighted by atomic mass is 10.1. The standard InChI is InChI=1S/C10H20N2O/c1-2-3-4-5-6-9(7-8-11)10(12)13/h6H,2-5,7-8,11H2,1H3,(H2,12,13). The van der Waals surface area contributed by atoms with E-state index in [1.807, 2.05) is 6.08 Å². The molecule has 1 amide bonds. The number of rotatable bonds is 7. The molecule has 3 heteroatoms. The fourth-order valence-corrected chi connectivity index (χ4v) is 1.15. The van der Waals surface area contributed by atoms with Crippen LogP contribution in [0.2, 0.25) is 0 Å². The molecule has 0 bridgehead atoms. The molecule has 0 aliphatic carbocycles. The minimum atomic E-state index is -0.332. The number of primary amides is 1. The van der Waals surface area contributed by atoms with Gasteiger partial charge in [-0.3, -0.25) is 4.79 Å². The largest absolute Gasteiger partial charge is 0.366 e. The van der Waals surface area contributed by atoms with Gasteiger partial charge >= 0.3 is 0 Å². The van der Waals surface area contributed by atoms with Crippen LogP contribution >= 0.6 is 0 Å². The first kappa shape index (κ1) is 12.2. The molecule has 0 unspecified atom stereocenters. The first-order valence-electron chi connectivity index (χ1n) is 4.91. The molecule has 0 atom stereocenters. The van der Waals surface area contributed by atoms with Gasteiger partial charge in [-0.05, 0) is 25.8 Å². The average Bonchev–Trinajstić information content (AvgIpc) is 2.10. The summed E-state index contributed by atoms with van der Waals surface area (Å²) in [6.45, 7) is 2.64. The number of amides is 1. The van der Waals surface area contributed by atoms with Crippen molar-refractivity contribution in [3.63, 3.8) is 0 Å². The topological polar surface area (TPSA) is 69.1 Å². The highest BCUT2D eigenvalue weighted by Crippen LogP contribution is 2.05. The van der Waals surface area contributed by atoms with Crippen LogP contribution in [-0.4, -0.2) is 12.5 Å². The van der Waals surface area contributed by atoms with Gasteiger partial charge in [-0.15, -0.1) is 0 Å². The Morgan fingerprint density at radius 1 is 1.38 bits per heavy atom. The van der Waals surface area contributed by atoms with Crippen molar-refractivity contribution < 1.29 is 4.79 Å². The summed E-state index contributed by atoms with van der Waals surface area (Å²) >= 11 is 0. The zero-order chi connectivity index (χ0) is 10.1. The second-order valence-corrected chi connectivity index (χ2v) is 3.13. The highest BCUT2D eigenvalue weighted by Gasteiger charge is 2.01. The van der Waals surface area contributed by atoms with Crippen molar-refractivity contribution in [3.05, 3.63) is 11.6 Å². The Bertz CT molecular complexity index is 176. The normalized spacial score (nSPS) is 11.7. The quantitative estimate of drug-likeness (QED) is 0.463. The van der Waals surface area contributed by atoms with Gasteiger partial charge in [-0.2, -0.15) is 0 Å². The summed E-state index contributed by atoms with van der Waals surface area (Å²) in [4.78, 5) is 10.9. The van der Waals surface area contributed by atoms with Crippen LogP contribution < -0.4 is 11.5 Å². The molecule has 0 fully saturated rings. The van der Waals surface area contributed by atoms with Crippen molar-refractivity contribution in [1.29, 1.82) is 0 Å². The van der Waals surface area contributed by atoms with Crippen LogP contribution in [0.1, 0.15) is 39.0 Å². The molecule has 0 rings (SSSR count). The third-order valence-corrected chi connectivity index (χ3v) is 1.93. The van der Waals surface area contributed by atoms with Crippen molar-refractivity contribution in [2.24, 2.45) is 11.5 Å². The Balaban J connectivity index is 3.82. The number of unbranched alkanes of at least 4 members (excludes halogenated alkanes) is 3. The molecule has 0 aromatic carbocycles. The van der Waals surface area contributed by atoms with E-state index in [4.69, 9.17) is 11.5 Å². The molecule has 0 aliphatic heterocycles. The lowest BCUT2D eigenvalue weighted by Gasteiger charge is -2.00. The van der Waals surface area contributed by atoms with Crippen LogP contribution in [0.15, 0.2) is 11.6 Å². The number of hydrogen-bond donors (Lipinski definition) is 2. The predicted molar refractivity (Wildman–Crippen MR) is 55.1 cm³/mol. The van der Waals surface area contributed by atoms with Gasteiger partial charge < -0.3 is 11.5 Å². The highest BCUT2D eigenvalue weighted by atomic mass is 16.1. The Labute approximate surface area is 80.2 Å². The minimum absolute atomic E-state index is 0.332. The second kappa shape index (κ2) is 7.80. The summed E-state index contributed by atoms with van der Waals surface area (Å²) in [5, 5.41) is 0. The summed E-state index contributed by atoms with van der Waals surface area (Å²) in [7, 11) is 0. The first-order valence-corrected chi connectivity index (χ1v) is 4.91. The van der Waals surface area contributed by atoms with E-state index in [1.54, 1.807) is 0 Å². The van der Waals surface area contributed by atoms with Gasteiger partial charge in [0.15, 0.2) is 0 Å². The van der Waals surface area contributed by atoms with Crippen LogP contribution in [0.3, 0.4) is 0 Å². The molecule has 0 saturated heterocycles. The van der Waals surface area contributed by atoms with Crippen LogP contribution in [0.4, 0.5) is 0 Å². The zero-order valence-corrected chi connectivity index (χ0v) is 8.38. The van der Waals surface area contributed by atoms with Crippen molar-refractivity contribution in [2.75, 3.05) is 6.54 Å². The molecule has 76 valence electrons. The molecular formula is C10H20N2O. The Hall–Kier alpha value is -0.830. The van der Waals surface area contributed by atoms with Crippen LogP contribution in [-0.2, 0) is 4.79 Å². The Morgan fingerprint density at radius 3 is 2.54 bits per heavy atom. The molecule has 4 N–H and O–H groups in total. The van der Waals surface area contributed by atoms with E-state index >= 15 is 0 Å². The van der Waals surface area contributed by atoms with Gasteiger partial charge in [0.05, 0.1) is 0 Å². The molecule has 0 radical (unpaired) electrons. The molecule has 0 aromatic rings. The molecule has 0 spiro atoms. The molecular weight excluding hydrogens is 164 g/mol. The Morgan fingerprint density at radius 2 is 2.08 bits per heavy atom. The summed E-state index contributed by atoms with van der Waals surface area (Å²) in [5.41, 5.74) is 11.2. The van der Waals surface area contributed by atoms with Crippen LogP contribution in [0.25, 0.3) is 0 Å². The van der Waals surface area contributed by atoms with E-state index in [1.165, 1.54) is 12.8 Å². The van der Waals surface area contributed by atoms with Crippen molar-refractivity contribution in [2.45, 2.75) is 39.0 Å².